The van der Waals surface area contributed by atoms with Gasteiger partial charge in [0.1, 0.15) is 0 Å². The third-order valence-electron chi connectivity index (χ3n) is 6.70. The zero-order valence-corrected chi connectivity index (χ0v) is 20.9. The van der Waals surface area contributed by atoms with Crippen molar-refractivity contribution in [2.45, 2.75) is 83.8 Å². The van der Waals surface area contributed by atoms with E-state index in [0.29, 0.717) is 36.6 Å². The van der Waals surface area contributed by atoms with Gasteiger partial charge in [-0.15, -0.1) is 0 Å². The maximum absolute atomic E-state index is 13.0. The molecule has 0 radical (unpaired) electrons. The van der Waals surface area contributed by atoms with E-state index in [-0.39, 0.29) is 11.9 Å². The number of rotatable bonds is 5. The Labute approximate surface area is 206 Å². The molecule has 3 saturated heterocycles. The van der Waals surface area contributed by atoms with Crippen LogP contribution in [0.15, 0.2) is 12.5 Å². The summed E-state index contributed by atoms with van der Waals surface area (Å²) in [5.41, 5.74) is 7.12. The normalized spacial score (nSPS) is 25.8. The maximum atomic E-state index is 13.0. The summed E-state index contributed by atoms with van der Waals surface area (Å²) in [4.78, 5) is 54.9. The molecular weight excluding hydrogens is 454 g/mol. The number of carbonyl (C=O) groups excluding carboxylic acids is 2. The second-order valence-corrected chi connectivity index (χ2v) is 9.54. The Balaban J connectivity index is 0.000000473. The van der Waals surface area contributed by atoms with Crippen molar-refractivity contribution in [2.75, 3.05) is 13.1 Å². The number of hydrogen-bond acceptors (Lipinski definition) is 6. The number of hydrogen-bond donors (Lipinski definition) is 4. The molecule has 11 nitrogen and oxygen atoms in total. The molecule has 35 heavy (non-hydrogen) atoms. The van der Waals surface area contributed by atoms with Gasteiger partial charge in [0.05, 0.1) is 12.4 Å². The summed E-state index contributed by atoms with van der Waals surface area (Å²) in [6.45, 7) is 5.81. The van der Waals surface area contributed by atoms with Gasteiger partial charge in [-0.2, -0.15) is 0 Å². The summed E-state index contributed by atoms with van der Waals surface area (Å²) in [7, 11) is 0. The number of likely N-dealkylation sites (tertiary alicyclic amines) is 1. The number of aromatic nitrogens is 2. The molecule has 4 rings (SSSR count). The summed E-state index contributed by atoms with van der Waals surface area (Å²) in [6, 6.07) is 0.0416. The molecule has 4 heterocycles. The van der Waals surface area contributed by atoms with Crippen molar-refractivity contribution in [2.24, 2.45) is 17.6 Å². The van der Waals surface area contributed by atoms with Gasteiger partial charge in [-0.25, -0.2) is 4.98 Å². The second-order valence-electron chi connectivity index (χ2n) is 9.54. The van der Waals surface area contributed by atoms with Crippen LogP contribution in [0.5, 0.6) is 0 Å². The number of fused-ring (bicyclic) bond motifs is 4. The van der Waals surface area contributed by atoms with E-state index in [4.69, 9.17) is 25.5 Å². The molecule has 2 bridgehead atoms. The van der Waals surface area contributed by atoms with Gasteiger partial charge in [-0.3, -0.25) is 19.2 Å². The number of nitrogens with two attached hydrogens (primary N) is 1. The Morgan fingerprint density at radius 3 is 2.40 bits per heavy atom. The van der Waals surface area contributed by atoms with Crippen molar-refractivity contribution in [3.05, 3.63) is 18.2 Å². The Hall–Kier alpha value is -2.95. The predicted octanol–water partition coefficient (Wildman–Crippen LogP) is 1.49. The molecule has 196 valence electrons. The van der Waals surface area contributed by atoms with E-state index in [2.05, 4.69) is 21.8 Å². The lowest BCUT2D eigenvalue weighted by molar-refractivity contribution is -0.157. The van der Waals surface area contributed by atoms with Crippen LogP contribution in [0.3, 0.4) is 0 Å². The first-order valence-electron chi connectivity index (χ1n) is 12.3. The molecule has 5 atom stereocenters. The largest absolute Gasteiger partial charge is 0.481 e. The lowest BCUT2D eigenvalue weighted by Crippen LogP contribution is -2.66. The third kappa shape index (κ3) is 8.05. The number of amides is 2. The first kappa shape index (κ1) is 28.3. The monoisotopic (exact) mass is 493 g/mol. The maximum Gasteiger partial charge on any atom is 0.300 e. The molecule has 3 aliphatic heterocycles. The number of piperidine rings is 3. The minimum atomic E-state index is -0.833. The summed E-state index contributed by atoms with van der Waals surface area (Å²) in [6.07, 6.45) is 9.79. The van der Waals surface area contributed by atoms with Crippen LogP contribution in [-0.4, -0.2) is 84.9 Å². The van der Waals surface area contributed by atoms with E-state index in [9.17, 15) is 9.59 Å². The average molecular weight is 494 g/mol. The zero-order chi connectivity index (χ0) is 26.1. The van der Waals surface area contributed by atoms with E-state index >= 15 is 0 Å². The molecule has 3 aliphatic rings. The average Bonchev–Trinajstić information content (AvgIpc) is 3.28. The van der Waals surface area contributed by atoms with Gasteiger partial charge in [0.25, 0.3) is 11.9 Å². The van der Waals surface area contributed by atoms with E-state index in [1.54, 1.807) is 12.5 Å². The standard InChI is InChI=1S/C20H31N5O2.2C2H4O2/c1-2-4-17-13-7-14(18-5-3-6-19(26)25(17)18)11-24(10-13)20(27)16(21)8-15-9-22-12-23-15;2*1-2(3)4/h9,12-14,16-18H,2-8,10-11,21H2,1H3,(H,22,23);2*1H3,(H,3,4)/t13-,14+,16-,17-,18-;;/m0../s1. The van der Waals surface area contributed by atoms with Gasteiger partial charge in [-0.1, -0.05) is 13.3 Å². The summed E-state index contributed by atoms with van der Waals surface area (Å²) in [5, 5.41) is 14.8. The fraction of sp³-hybridized carbons (Fsp3) is 0.708. The van der Waals surface area contributed by atoms with Gasteiger partial charge in [0.15, 0.2) is 0 Å². The number of nitrogens with one attached hydrogen (secondary N) is 1. The Morgan fingerprint density at radius 1 is 1.20 bits per heavy atom. The molecule has 0 aromatic carbocycles. The summed E-state index contributed by atoms with van der Waals surface area (Å²) >= 11 is 0. The Kier molecular flexibility index (Phi) is 10.7. The molecule has 1 aromatic heterocycles. The van der Waals surface area contributed by atoms with Crippen LogP contribution in [0.25, 0.3) is 0 Å². The topological polar surface area (TPSA) is 170 Å². The van der Waals surface area contributed by atoms with Crippen molar-refractivity contribution in [1.82, 2.24) is 19.8 Å². The molecule has 1 aromatic rings. The van der Waals surface area contributed by atoms with Gasteiger partial charge in [0.2, 0.25) is 11.8 Å². The number of nitrogens with zero attached hydrogens (tertiary/aromatic N) is 3. The Morgan fingerprint density at radius 2 is 1.83 bits per heavy atom. The van der Waals surface area contributed by atoms with E-state index in [0.717, 1.165) is 64.7 Å². The van der Waals surface area contributed by atoms with E-state index in [1.807, 2.05) is 4.90 Å². The highest BCUT2D eigenvalue weighted by Gasteiger charge is 2.49. The lowest BCUT2D eigenvalue weighted by Gasteiger charge is -2.57. The number of carboxylic acids is 2. The van der Waals surface area contributed by atoms with Crippen molar-refractivity contribution in [1.29, 1.82) is 0 Å². The number of imidazole rings is 1. The molecule has 5 N–H and O–H groups in total. The van der Waals surface area contributed by atoms with Crippen LogP contribution < -0.4 is 5.73 Å². The smallest absolute Gasteiger partial charge is 0.300 e. The van der Waals surface area contributed by atoms with Crippen LogP contribution in [-0.2, 0) is 25.6 Å². The fourth-order valence-corrected chi connectivity index (χ4v) is 5.58. The van der Waals surface area contributed by atoms with Crippen molar-refractivity contribution in [3.8, 4) is 0 Å². The van der Waals surface area contributed by atoms with Crippen molar-refractivity contribution >= 4 is 23.8 Å². The van der Waals surface area contributed by atoms with Crippen molar-refractivity contribution in [3.63, 3.8) is 0 Å². The number of carboxylic acid groups (broad SMARTS) is 2. The van der Waals surface area contributed by atoms with Gasteiger partial charge >= 0.3 is 0 Å². The van der Waals surface area contributed by atoms with E-state index < -0.39 is 18.0 Å². The summed E-state index contributed by atoms with van der Waals surface area (Å²) in [5.74, 6) is -0.532. The van der Waals surface area contributed by atoms with Gasteiger partial charge in [0, 0.05) is 63.8 Å². The van der Waals surface area contributed by atoms with Crippen LogP contribution >= 0.6 is 0 Å². The Bertz CT molecular complexity index is 841. The molecule has 2 amide bonds. The third-order valence-corrected chi connectivity index (χ3v) is 6.70. The number of aliphatic carboxylic acids is 2. The van der Waals surface area contributed by atoms with Crippen LogP contribution in [0, 0.1) is 11.8 Å². The van der Waals surface area contributed by atoms with Gasteiger partial charge < -0.3 is 30.7 Å². The molecule has 11 heteroatoms. The minimum absolute atomic E-state index is 0.0325. The first-order chi connectivity index (χ1) is 16.5. The van der Waals surface area contributed by atoms with Crippen LogP contribution in [0.4, 0.5) is 0 Å². The summed E-state index contributed by atoms with van der Waals surface area (Å²) < 4.78 is 0. The fourth-order valence-electron chi connectivity index (χ4n) is 5.58. The van der Waals surface area contributed by atoms with Gasteiger partial charge in [-0.05, 0) is 37.5 Å². The van der Waals surface area contributed by atoms with Crippen molar-refractivity contribution < 1.29 is 29.4 Å². The second kappa shape index (κ2) is 13.2. The minimum Gasteiger partial charge on any atom is -0.481 e. The SMILES string of the molecule is CC(=O)O.CC(=O)O.CCC[C@H]1[C@H]2C[C@H](CN(C(=O)[C@@H](N)Cc3cnc[nH]3)C2)[C@@H]2CCCC(=O)N21. The highest BCUT2D eigenvalue weighted by atomic mass is 16.4. The molecule has 0 aliphatic carbocycles. The molecule has 0 spiro atoms. The van der Waals surface area contributed by atoms with E-state index in [1.165, 1.54) is 0 Å². The molecule has 3 fully saturated rings. The quantitative estimate of drug-likeness (QED) is 0.478. The molecular formula is C24H39N5O6. The lowest BCUT2D eigenvalue weighted by atomic mass is 9.71. The predicted molar refractivity (Wildman–Crippen MR) is 128 cm³/mol. The first-order valence-corrected chi connectivity index (χ1v) is 12.3. The highest BCUT2D eigenvalue weighted by Crippen LogP contribution is 2.43. The van der Waals surface area contributed by atoms with Crippen LogP contribution in [0.2, 0.25) is 0 Å². The molecule has 0 saturated carbocycles. The number of aromatic amines is 1. The number of carbonyl (C=O) groups is 4. The molecule has 0 unspecified atom stereocenters. The van der Waals surface area contributed by atoms with Crippen LogP contribution in [0.1, 0.15) is 65.0 Å². The highest BCUT2D eigenvalue weighted by molar-refractivity contribution is 5.82. The zero-order valence-electron chi connectivity index (χ0n) is 20.9. The number of H-pyrrole nitrogens is 1.